The van der Waals surface area contributed by atoms with Crippen LogP contribution in [-0.2, 0) is 0 Å². The maximum Gasteiger partial charge on any atom is 0.128 e. The lowest BCUT2D eigenvalue weighted by Crippen LogP contribution is -2.09. The fourth-order valence-corrected chi connectivity index (χ4v) is 2.46. The number of nitrogens with one attached hydrogen (secondary N) is 1. The average molecular weight is 295 g/mol. The van der Waals surface area contributed by atoms with Crippen molar-refractivity contribution in [1.29, 1.82) is 0 Å². The van der Waals surface area contributed by atoms with E-state index in [1.807, 2.05) is 42.6 Å². The van der Waals surface area contributed by atoms with Crippen LogP contribution in [0, 0.1) is 0 Å². The molecule has 0 unspecified atom stereocenters. The van der Waals surface area contributed by atoms with E-state index in [0.717, 1.165) is 22.4 Å². The van der Waals surface area contributed by atoms with Gasteiger partial charge in [-0.15, -0.1) is 0 Å². The number of H-pyrrole nitrogens is 1. The van der Waals surface area contributed by atoms with Gasteiger partial charge in [-0.1, -0.05) is 32.0 Å². The summed E-state index contributed by atoms with van der Waals surface area (Å²) in [5, 5.41) is 1.10. The number of aromatic nitrogens is 1. The van der Waals surface area contributed by atoms with E-state index in [9.17, 15) is 0 Å². The molecule has 0 bridgehead atoms. The highest BCUT2D eigenvalue weighted by Crippen LogP contribution is 2.24. The third-order valence-corrected chi connectivity index (χ3v) is 3.69. The van der Waals surface area contributed by atoms with Crippen LogP contribution in [0.5, 0.6) is 11.5 Å². The molecule has 0 spiro atoms. The molecular weight excluding hydrogens is 274 g/mol. The van der Waals surface area contributed by atoms with Crippen molar-refractivity contribution < 1.29 is 9.47 Å². The van der Waals surface area contributed by atoms with Gasteiger partial charge in [0.2, 0.25) is 0 Å². The Hall–Kier alpha value is -2.42. The molecule has 3 nitrogen and oxygen atoms in total. The zero-order chi connectivity index (χ0) is 15.4. The number of fused-ring (bicyclic) bond motifs is 1. The lowest BCUT2D eigenvalue weighted by molar-refractivity contribution is 0.218. The van der Waals surface area contributed by atoms with Crippen LogP contribution in [0.1, 0.15) is 25.3 Å². The van der Waals surface area contributed by atoms with Crippen LogP contribution in [-0.4, -0.2) is 18.2 Å². The Balaban J connectivity index is 1.55. The number of benzene rings is 2. The Morgan fingerprint density at radius 2 is 1.77 bits per heavy atom. The van der Waals surface area contributed by atoms with Crippen molar-refractivity contribution in [2.45, 2.75) is 19.8 Å². The lowest BCUT2D eigenvalue weighted by atomic mass is 10.0. The molecule has 22 heavy (non-hydrogen) atoms. The summed E-state index contributed by atoms with van der Waals surface area (Å²) in [6.07, 6.45) is 1.92. The van der Waals surface area contributed by atoms with E-state index < -0.39 is 0 Å². The largest absolute Gasteiger partial charge is 0.490 e. The Labute approximate surface area is 130 Å². The van der Waals surface area contributed by atoms with Gasteiger partial charge in [-0.05, 0) is 41.8 Å². The molecule has 1 heterocycles. The van der Waals surface area contributed by atoms with Gasteiger partial charge in [-0.3, -0.25) is 0 Å². The van der Waals surface area contributed by atoms with E-state index >= 15 is 0 Å². The number of hydrogen-bond donors (Lipinski definition) is 1. The van der Waals surface area contributed by atoms with Crippen molar-refractivity contribution in [3.05, 3.63) is 60.3 Å². The van der Waals surface area contributed by atoms with E-state index in [0.29, 0.717) is 19.1 Å². The van der Waals surface area contributed by atoms with Crippen molar-refractivity contribution >= 4 is 10.9 Å². The van der Waals surface area contributed by atoms with Gasteiger partial charge in [-0.25, -0.2) is 0 Å². The van der Waals surface area contributed by atoms with E-state index in [2.05, 4.69) is 31.0 Å². The minimum absolute atomic E-state index is 0.506. The van der Waals surface area contributed by atoms with E-state index in [-0.39, 0.29) is 0 Å². The molecule has 0 saturated heterocycles. The molecule has 0 fully saturated rings. The normalized spacial score (nSPS) is 11.0. The molecule has 2 aromatic carbocycles. The summed E-state index contributed by atoms with van der Waals surface area (Å²) in [5.74, 6) is 2.29. The zero-order valence-electron chi connectivity index (χ0n) is 13.0. The van der Waals surface area contributed by atoms with Gasteiger partial charge in [0.05, 0.1) is 0 Å². The fraction of sp³-hybridized carbons (Fsp3) is 0.263. The first-order valence-corrected chi connectivity index (χ1v) is 7.66. The molecule has 3 heteroatoms. The monoisotopic (exact) mass is 295 g/mol. The number of rotatable bonds is 6. The SMILES string of the molecule is CC(C)c1cccc(OCCOc2cccc3[nH]ccc23)c1. The molecule has 1 aromatic heterocycles. The van der Waals surface area contributed by atoms with Gasteiger partial charge in [-0.2, -0.15) is 0 Å². The van der Waals surface area contributed by atoms with Crippen LogP contribution in [0.4, 0.5) is 0 Å². The Kier molecular flexibility index (Phi) is 4.33. The maximum absolute atomic E-state index is 5.83. The van der Waals surface area contributed by atoms with Crippen LogP contribution in [0.15, 0.2) is 54.7 Å². The molecule has 0 amide bonds. The van der Waals surface area contributed by atoms with Gasteiger partial charge in [0.1, 0.15) is 24.7 Å². The van der Waals surface area contributed by atoms with Crippen molar-refractivity contribution in [1.82, 2.24) is 4.98 Å². The van der Waals surface area contributed by atoms with Crippen molar-refractivity contribution in [3.63, 3.8) is 0 Å². The van der Waals surface area contributed by atoms with Crippen molar-refractivity contribution in [2.75, 3.05) is 13.2 Å². The maximum atomic E-state index is 5.83. The molecule has 1 N–H and O–H groups in total. The summed E-state index contributed by atoms with van der Waals surface area (Å²) in [4.78, 5) is 3.18. The van der Waals surface area contributed by atoms with Crippen molar-refractivity contribution in [2.24, 2.45) is 0 Å². The number of aromatic amines is 1. The lowest BCUT2D eigenvalue weighted by Gasteiger charge is -2.11. The van der Waals surface area contributed by atoms with Crippen LogP contribution in [0.3, 0.4) is 0 Å². The molecule has 0 aliphatic carbocycles. The number of hydrogen-bond acceptors (Lipinski definition) is 2. The molecule has 3 rings (SSSR count). The van der Waals surface area contributed by atoms with Crippen LogP contribution in [0.2, 0.25) is 0 Å². The predicted octanol–water partition coefficient (Wildman–Crippen LogP) is 4.75. The highest BCUT2D eigenvalue weighted by atomic mass is 16.5. The van der Waals surface area contributed by atoms with Crippen molar-refractivity contribution in [3.8, 4) is 11.5 Å². The summed E-state index contributed by atoms with van der Waals surface area (Å²) < 4.78 is 11.6. The summed E-state index contributed by atoms with van der Waals surface area (Å²) in [6.45, 7) is 5.41. The van der Waals surface area contributed by atoms with E-state index in [4.69, 9.17) is 9.47 Å². The van der Waals surface area contributed by atoms with Gasteiger partial charge < -0.3 is 14.5 Å². The van der Waals surface area contributed by atoms with Gasteiger partial charge in [0.25, 0.3) is 0 Å². The summed E-state index contributed by atoms with van der Waals surface area (Å²) in [5.41, 5.74) is 2.37. The predicted molar refractivity (Wildman–Crippen MR) is 89.8 cm³/mol. The quantitative estimate of drug-likeness (QED) is 0.666. The van der Waals surface area contributed by atoms with E-state index in [1.165, 1.54) is 5.56 Å². The Bertz CT molecular complexity index is 746. The second-order valence-electron chi connectivity index (χ2n) is 5.62. The second-order valence-corrected chi connectivity index (χ2v) is 5.62. The Morgan fingerprint density at radius 1 is 0.955 bits per heavy atom. The zero-order valence-corrected chi connectivity index (χ0v) is 13.0. The van der Waals surface area contributed by atoms with Gasteiger partial charge in [0, 0.05) is 17.1 Å². The summed E-state index contributed by atoms with van der Waals surface area (Å²) >= 11 is 0. The fourth-order valence-electron chi connectivity index (χ4n) is 2.46. The smallest absolute Gasteiger partial charge is 0.128 e. The second kappa shape index (κ2) is 6.56. The minimum atomic E-state index is 0.506. The molecule has 0 atom stereocenters. The van der Waals surface area contributed by atoms with Crippen LogP contribution < -0.4 is 9.47 Å². The molecule has 3 aromatic rings. The van der Waals surface area contributed by atoms with Crippen LogP contribution in [0.25, 0.3) is 10.9 Å². The Morgan fingerprint density at radius 3 is 2.64 bits per heavy atom. The highest BCUT2D eigenvalue weighted by molar-refractivity contribution is 5.85. The molecule has 0 aliphatic heterocycles. The van der Waals surface area contributed by atoms with E-state index in [1.54, 1.807) is 0 Å². The summed E-state index contributed by atoms with van der Waals surface area (Å²) in [7, 11) is 0. The molecule has 0 aliphatic rings. The molecular formula is C19H21NO2. The minimum Gasteiger partial charge on any atom is -0.490 e. The first-order valence-electron chi connectivity index (χ1n) is 7.66. The summed E-state index contributed by atoms with van der Waals surface area (Å²) in [6, 6.07) is 16.3. The molecule has 0 saturated carbocycles. The molecule has 0 radical (unpaired) electrons. The van der Waals surface area contributed by atoms with Gasteiger partial charge >= 0.3 is 0 Å². The third-order valence-electron chi connectivity index (χ3n) is 3.69. The first-order chi connectivity index (χ1) is 10.7. The first kappa shape index (κ1) is 14.5. The third kappa shape index (κ3) is 3.25. The molecule has 114 valence electrons. The number of ether oxygens (including phenoxy) is 2. The van der Waals surface area contributed by atoms with Gasteiger partial charge in [0.15, 0.2) is 0 Å². The standard InChI is InChI=1S/C19H21NO2/c1-14(2)15-5-3-6-16(13-15)21-11-12-22-19-8-4-7-18-17(19)9-10-20-18/h3-10,13-14,20H,11-12H2,1-2H3. The van der Waals surface area contributed by atoms with Crippen LogP contribution >= 0.6 is 0 Å². The topological polar surface area (TPSA) is 34.2 Å². The highest BCUT2D eigenvalue weighted by Gasteiger charge is 2.03. The average Bonchev–Trinajstić information content (AvgIpc) is 3.01.